The summed E-state index contributed by atoms with van der Waals surface area (Å²) in [6.45, 7) is 2.02. The number of allylic oxidation sites excluding steroid dienone is 5. The van der Waals surface area contributed by atoms with Crippen molar-refractivity contribution >= 4 is 5.71 Å². The summed E-state index contributed by atoms with van der Waals surface area (Å²) in [6.07, 6.45) is 7.54. The number of nitrogens with two attached hydrogens (primary N) is 1. The van der Waals surface area contributed by atoms with Gasteiger partial charge in [0.1, 0.15) is 0 Å². The summed E-state index contributed by atoms with van der Waals surface area (Å²) in [5, 5.41) is 0. The van der Waals surface area contributed by atoms with E-state index in [0.717, 1.165) is 16.9 Å². The Kier molecular flexibility index (Phi) is 2.26. The van der Waals surface area contributed by atoms with E-state index >= 15 is 0 Å². The highest BCUT2D eigenvalue weighted by molar-refractivity contribution is 6.12. The molecule has 0 unspecified atom stereocenters. The average molecular weight is 148 g/mol. The van der Waals surface area contributed by atoms with Crippen LogP contribution in [0.15, 0.2) is 40.6 Å². The Hall–Kier alpha value is -1.31. The fourth-order valence-corrected chi connectivity index (χ4v) is 1.08. The van der Waals surface area contributed by atoms with Crippen molar-refractivity contribution in [1.29, 1.82) is 0 Å². The lowest BCUT2D eigenvalue weighted by molar-refractivity contribution is 1.35. The Morgan fingerprint density at radius 1 is 1.55 bits per heavy atom. The van der Waals surface area contributed by atoms with Gasteiger partial charge in [-0.3, -0.25) is 4.99 Å². The van der Waals surface area contributed by atoms with E-state index in [0.29, 0.717) is 0 Å². The Morgan fingerprint density at radius 2 is 2.27 bits per heavy atom. The van der Waals surface area contributed by atoms with Crippen molar-refractivity contribution < 1.29 is 0 Å². The molecule has 2 nitrogen and oxygen atoms in total. The third-order valence-electron chi connectivity index (χ3n) is 1.71. The van der Waals surface area contributed by atoms with Crippen LogP contribution in [0.2, 0.25) is 0 Å². The SMILES string of the molecule is C/N=C1/C=CC=C(C)/C1=C/N. The third kappa shape index (κ3) is 1.40. The molecule has 1 aliphatic rings. The summed E-state index contributed by atoms with van der Waals surface area (Å²) in [5.74, 6) is 0. The Balaban J connectivity index is 3.08. The molecular weight excluding hydrogens is 136 g/mol. The van der Waals surface area contributed by atoms with E-state index in [1.807, 2.05) is 25.2 Å². The van der Waals surface area contributed by atoms with Crippen molar-refractivity contribution in [3.8, 4) is 0 Å². The highest BCUT2D eigenvalue weighted by atomic mass is 14.7. The predicted molar refractivity (Wildman–Crippen MR) is 48.5 cm³/mol. The van der Waals surface area contributed by atoms with Gasteiger partial charge in [-0.15, -0.1) is 0 Å². The summed E-state index contributed by atoms with van der Waals surface area (Å²) in [4.78, 5) is 4.09. The van der Waals surface area contributed by atoms with Gasteiger partial charge < -0.3 is 5.73 Å². The van der Waals surface area contributed by atoms with Crippen LogP contribution in [0.3, 0.4) is 0 Å². The van der Waals surface area contributed by atoms with Gasteiger partial charge in [0.25, 0.3) is 0 Å². The van der Waals surface area contributed by atoms with Crippen LogP contribution >= 0.6 is 0 Å². The molecule has 2 N–H and O–H groups in total. The third-order valence-corrected chi connectivity index (χ3v) is 1.71. The zero-order valence-electron chi connectivity index (χ0n) is 6.83. The zero-order valence-corrected chi connectivity index (χ0v) is 6.83. The fourth-order valence-electron chi connectivity index (χ4n) is 1.08. The number of rotatable bonds is 0. The molecule has 0 aromatic carbocycles. The molecule has 0 bridgehead atoms. The van der Waals surface area contributed by atoms with Crippen molar-refractivity contribution in [2.45, 2.75) is 6.92 Å². The molecule has 11 heavy (non-hydrogen) atoms. The maximum atomic E-state index is 5.44. The molecule has 58 valence electrons. The summed E-state index contributed by atoms with van der Waals surface area (Å²) >= 11 is 0. The molecule has 1 aliphatic carbocycles. The Bertz CT molecular complexity index is 267. The van der Waals surface area contributed by atoms with Gasteiger partial charge in [-0.05, 0) is 18.6 Å². The molecule has 0 radical (unpaired) electrons. The highest BCUT2D eigenvalue weighted by Gasteiger charge is 2.06. The predicted octanol–water partition coefficient (Wildman–Crippen LogP) is 1.42. The van der Waals surface area contributed by atoms with E-state index in [1.165, 1.54) is 0 Å². The summed E-state index contributed by atoms with van der Waals surface area (Å²) in [7, 11) is 1.77. The highest BCUT2D eigenvalue weighted by Crippen LogP contribution is 2.15. The standard InChI is InChI=1S/C9H12N2/c1-7-4-3-5-9(11-2)8(7)6-10/h3-6H,10H2,1-2H3/b8-6-,11-9-. The monoisotopic (exact) mass is 148 g/mol. The molecule has 0 spiro atoms. The smallest absolute Gasteiger partial charge is 0.0660 e. The summed E-state index contributed by atoms with van der Waals surface area (Å²) in [5.41, 5.74) is 8.58. The molecule has 2 heteroatoms. The van der Waals surface area contributed by atoms with E-state index in [2.05, 4.69) is 4.99 Å². The second kappa shape index (κ2) is 3.19. The van der Waals surface area contributed by atoms with Gasteiger partial charge in [0.05, 0.1) is 5.71 Å². The Morgan fingerprint density at radius 3 is 2.73 bits per heavy atom. The number of hydrogen-bond acceptors (Lipinski definition) is 2. The molecule has 0 fully saturated rings. The number of hydrogen-bond donors (Lipinski definition) is 1. The second-order valence-corrected chi connectivity index (χ2v) is 2.40. The number of aliphatic imine (C=N–C) groups is 1. The fraction of sp³-hybridized carbons (Fsp3) is 0.222. The first-order chi connectivity index (χ1) is 5.29. The van der Waals surface area contributed by atoms with Crippen molar-refractivity contribution in [1.82, 2.24) is 0 Å². The lowest BCUT2D eigenvalue weighted by Gasteiger charge is -2.09. The minimum atomic E-state index is 0.951. The van der Waals surface area contributed by atoms with Crippen LogP contribution in [0.1, 0.15) is 6.92 Å². The first kappa shape index (κ1) is 7.79. The molecule has 0 aromatic rings. The van der Waals surface area contributed by atoms with Crippen LogP contribution in [-0.2, 0) is 0 Å². The van der Waals surface area contributed by atoms with E-state index in [9.17, 15) is 0 Å². The van der Waals surface area contributed by atoms with Crippen LogP contribution in [0.4, 0.5) is 0 Å². The lowest BCUT2D eigenvalue weighted by Crippen LogP contribution is -2.06. The molecular formula is C9H12N2. The average Bonchev–Trinajstić information content (AvgIpc) is 2.04. The molecule has 0 heterocycles. The van der Waals surface area contributed by atoms with Crippen molar-refractivity contribution in [3.05, 3.63) is 35.6 Å². The van der Waals surface area contributed by atoms with Crippen LogP contribution in [-0.4, -0.2) is 12.8 Å². The quantitative estimate of drug-likeness (QED) is 0.554. The van der Waals surface area contributed by atoms with Gasteiger partial charge in [-0.1, -0.05) is 12.2 Å². The largest absolute Gasteiger partial charge is 0.404 e. The normalized spacial score (nSPS) is 24.4. The van der Waals surface area contributed by atoms with Gasteiger partial charge in [0.2, 0.25) is 0 Å². The molecule has 1 rings (SSSR count). The maximum absolute atomic E-state index is 5.44. The molecule has 0 saturated carbocycles. The van der Waals surface area contributed by atoms with E-state index < -0.39 is 0 Å². The van der Waals surface area contributed by atoms with Gasteiger partial charge in [-0.25, -0.2) is 0 Å². The van der Waals surface area contributed by atoms with E-state index in [-0.39, 0.29) is 0 Å². The maximum Gasteiger partial charge on any atom is 0.0660 e. The lowest BCUT2D eigenvalue weighted by atomic mass is 9.99. The topological polar surface area (TPSA) is 38.4 Å². The minimum Gasteiger partial charge on any atom is -0.404 e. The minimum absolute atomic E-state index is 0.951. The van der Waals surface area contributed by atoms with Gasteiger partial charge >= 0.3 is 0 Å². The second-order valence-electron chi connectivity index (χ2n) is 2.40. The molecule has 0 aliphatic heterocycles. The van der Waals surface area contributed by atoms with Crippen molar-refractivity contribution in [2.24, 2.45) is 10.7 Å². The van der Waals surface area contributed by atoms with E-state index in [4.69, 9.17) is 5.73 Å². The molecule has 0 amide bonds. The first-order valence-electron chi connectivity index (χ1n) is 3.54. The number of nitrogens with zero attached hydrogens (tertiary/aromatic N) is 1. The van der Waals surface area contributed by atoms with Crippen molar-refractivity contribution in [3.63, 3.8) is 0 Å². The van der Waals surface area contributed by atoms with E-state index in [1.54, 1.807) is 13.2 Å². The summed E-state index contributed by atoms with van der Waals surface area (Å²) in [6, 6.07) is 0. The van der Waals surface area contributed by atoms with Crippen LogP contribution in [0.5, 0.6) is 0 Å². The van der Waals surface area contributed by atoms with Gasteiger partial charge in [0, 0.05) is 18.8 Å². The first-order valence-corrected chi connectivity index (χ1v) is 3.54. The molecule has 0 saturated heterocycles. The van der Waals surface area contributed by atoms with Crippen LogP contribution < -0.4 is 5.73 Å². The van der Waals surface area contributed by atoms with Gasteiger partial charge in [0.15, 0.2) is 0 Å². The summed E-state index contributed by atoms with van der Waals surface area (Å²) < 4.78 is 0. The molecule has 0 aromatic heterocycles. The van der Waals surface area contributed by atoms with Gasteiger partial charge in [-0.2, -0.15) is 0 Å². The zero-order chi connectivity index (χ0) is 8.27. The van der Waals surface area contributed by atoms with Crippen molar-refractivity contribution in [2.75, 3.05) is 7.05 Å². The van der Waals surface area contributed by atoms with Crippen LogP contribution in [0, 0.1) is 0 Å². The Labute approximate surface area is 66.8 Å². The van der Waals surface area contributed by atoms with Crippen LogP contribution in [0.25, 0.3) is 0 Å². The molecule has 0 atom stereocenters.